The van der Waals surface area contributed by atoms with Gasteiger partial charge < -0.3 is 40.3 Å². The number of carbonyl (C=O) groups excluding carboxylic acids is 1. The summed E-state index contributed by atoms with van der Waals surface area (Å²) in [5.74, 6) is 0.526. The average Bonchev–Trinajstić information content (AvgIpc) is 3.88. The van der Waals surface area contributed by atoms with Gasteiger partial charge in [0.1, 0.15) is 23.5 Å². The molecule has 4 aromatic heterocycles. The van der Waals surface area contributed by atoms with E-state index in [0.29, 0.717) is 61.8 Å². The number of aromatic amines is 1. The van der Waals surface area contributed by atoms with Gasteiger partial charge in [0.25, 0.3) is 0 Å². The van der Waals surface area contributed by atoms with Crippen LogP contribution in [0, 0.1) is 0 Å². The van der Waals surface area contributed by atoms with Gasteiger partial charge in [0.2, 0.25) is 5.91 Å². The molecule has 1 aliphatic heterocycles. The Kier molecular flexibility index (Phi) is 18.4. The van der Waals surface area contributed by atoms with Gasteiger partial charge in [-0.3, -0.25) is 4.79 Å². The Bertz CT molecular complexity index is 2000. The number of H-pyrrole nitrogens is 1. The summed E-state index contributed by atoms with van der Waals surface area (Å²) in [6.07, 6.45) is 19.5. The number of unbranched alkanes of at least 4 members (excludes halogenated alkanes) is 8. The molecule has 14 nitrogen and oxygen atoms in total. The van der Waals surface area contributed by atoms with Crippen LogP contribution in [0.3, 0.4) is 0 Å². The molecule has 0 saturated carbocycles. The monoisotopic (exact) mass is 812 g/mol. The molecule has 1 aromatic carbocycles. The molecule has 320 valence electrons. The van der Waals surface area contributed by atoms with Crippen LogP contribution in [0.15, 0.2) is 49.1 Å². The van der Waals surface area contributed by atoms with Crippen LogP contribution in [0.5, 0.6) is 0 Å². The summed E-state index contributed by atoms with van der Waals surface area (Å²) in [5, 5.41) is 6.66. The molecule has 0 unspecified atom stereocenters. The van der Waals surface area contributed by atoms with Crippen LogP contribution in [-0.2, 0) is 43.3 Å². The fourth-order valence-corrected chi connectivity index (χ4v) is 7.51. The first kappa shape index (κ1) is 44.1. The van der Waals surface area contributed by atoms with Gasteiger partial charge in [-0.15, -0.1) is 0 Å². The van der Waals surface area contributed by atoms with Crippen LogP contribution < -0.4 is 11.5 Å². The summed E-state index contributed by atoms with van der Waals surface area (Å²) in [6.45, 7) is 8.75. The van der Waals surface area contributed by atoms with E-state index < -0.39 is 0 Å². The molecule has 0 atom stereocenters. The van der Waals surface area contributed by atoms with E-state index in [1.54, 1.807) is 6.20 Å². The maximum Gasteiger partial charge on any atom is 0.225 e. The molecular weight excluding hydrogens is 747 g/mol. The van der Waals surface area contributed by atoms with E-state index in [1.807, 2.05) is 27.9 Å². The predicted octanol–water partition coefficient (Wildman–Crippen LogP) is 6.98. The summed E-state index contributed by atoms with van der Waals surface area (Å²) in [6, 6.07) is 10.5. The van der Waals surface area contributed by atoms with Gasteiger partial charge in [-0.1, -0.05) is 18.2 Å². The van der Waals surface area contributed by atoms with E-state index in [-0.39, 0.29) is 5.91 Å². The SMILES string of the molecule is NCCCCCOCCCCCOCCCCCOCCCCCOCCC(=O)N1CCc2cc(Cn3nc(-c4cnc5[nH]ccc5c4)c4c(N)ncnc43)ccc2C1. The molecule has 5 aromatic rings. The number of anilines is 1. The van der Waals surface area contributed by atoms with E-state index >= 15 is 0 Å². The van der Waals surface area contributed by atoms with Crippen LogP contribution in [-0.4, -0.2) is 106 Å². The molecule has 0 bridgehead atoms. The van der Waals surface area contributed by atoms with Crippen LogP contribution in [0.2, 0.25) is 0 Å². The smallest absolute Gasteiger partial charge is 0.225 e. The number of nitrogen functional groups attached to an aromatic ring is 1. The number of aromatic nitrogens is 6. The van der Waals surface area contributed by atoms with Crippen molar-refractivity contribution in [3.05, 3.63) is 65.7 Å². The van der Waals surface area contributed by atoms with Gasteiger partial charge in [0, 0.05) is 82.7 Å². The molecule has 5 N–H and O–H groups in total. The highest BCUT2D eigenvalue weighted by Gasteiger charge is 2.22. The number of nitrogens with one attached hydrogen (secondary N) is 1. The second kappa shape index (κ2) is 24.6. The van der Waals surface area contributed by atoms with Crippen molar-refractivity contribution >= 4 is 33.8 Å². The Morgan fingerprint density at radius 1 is 0.729 bits per heavy atom. The minimum atomic E-state index is 0.140. The standard InChI is InChI=1S/C45H65N9O5/c46-18-5-1-6-21-56-22-7-2-8-23-57-24-9-3-10-25-58-26-11-4-12-27-59-28-17-40(55)53-20-16-36-29-35(13-14-38(36)33-53)32-54-45-41(43(47)50-34-51-45)42(52-54)39-30-37-15-19-48-44(37)49-31-39/h13-15,19,29-31,34H,1-12,16-18,20-28,32-33,46H2,(H,48,49)(H2,47,50,51). The van der Waals surface area contributed by atoms with Crippen LogP contribution >= 0.6 is 0 Å². The van der Waals surface area contributed by atoms with E-state index in [9.17, 15) is 4.79 Å². The number of ether oxygens (including phenoxy) is 4. The molecule has 1 amide bonds. The predicted molar refractivity (Wildman–Crippen MR) is 232 cm³/mol. The lowest BCUT2D eigenvalue weighted by molar-refractivity contribution is -0.133. The fourth-order valence-electron chi connectivity index (χ4n) is 7.51. The zero-order valence-corrected chi connectivity index (χ0v) is 34.9. The van der Waals surface area contributed by atoms with E-state index in [2.05, 4.69) is 38.1 Å². The van der Waals surface area contributed by atoms with Gasteiger partial charge in [-0.2, -0.15) is 5.10 Å². The number of benzene rings is 1. The van der Waals surface area contributed by atoms with Crippen molar-refractivity contribution in [3.8, 4) is 11.3 Å². The molecule has 0 radical (unpaired) electrons. The minimum absolute atomic E-state index is 0.140. The molecule has 59 heavy (non-hydrogen) atoms. The lowest BCUT2D eigenvalue weighted by Gasteiger charge is -2.29. The topological polar surface area (TPSA) is 182 Å². The Morgan fingerprint density at radius 2 is 1.37 bits per heavy atom. The first-order valence-corrected chi connectivity index (χ1v) is 21.9. The maximum absolute atomic E-state index is 13.1. The number of hydrogen-bond donors (Lipinski definition) is 3. The quantitative estimate of drug-likeness (QED) is 0.0424. The highest BCUT2D eigenvalue weighted by atomic mass is 16.5. The van der Waals surface area contributed by atoms with Crippen LogP contribution in [0.1, 0.15) is 100 Å². The molecule has 0 fully saturated rings. The number of hydrogen-bond acceptors (Lipinski definition) is 11. The first-order chi connectivity index (χ1) is 29.1. The molecule has 14 heteroatoms. The van der Waals surface area contributed by atoms with Crippen molar-refractivity contribution in [1.29, 1.82) is 0 Å². The van der Waals surface area contributed by atoms with Crippen LogP contribution in [0.4, 0.5) is 5.82 Å². The average molecular weight is 812 g/mol. The van der Waals surface area contributed by atoms with Gasteiger partial charge in [-0.05, 0) is 119 Å². The van der Waals surface area contributed by atoms with E-state index in [4.69, 9.17) is 35.5 Å². The summed E-state index contributed by atoms with van der Waals surface area (Å²) < 4.78 is 25.0. The fraction of sp³-hybridized carbons (Fsp3) is 0.578. The highest BCUT2D eigenvalue weighted by molar-refractivity contribution is 5.99. The summed E-state index contributed by atoms with van der Waals surface area (Å²) >= 11 is 0. The first-order valence-electron chi connectivity index (χ1n) is 21.9. The third-order valence-electron chi connectivity index (χ3n) is 10.9. The zero-order chi connectivity index (χ0) is 40.9. The molecule has 0 aliphatic carbocycles. The van der Waals surface area contributed by atoms with Gasteiger partial charge in [0.05, 0.1) is 25.0 Å². The largest absolute Gasteiger partial charge is 0.383 e. The highest BCUT2D eigenvalue weighted by Crippen LogP contribution is 2.32. The number of pyridine rings is 1. The summed E-state index contributed by atoms with van der Waals surface area (Å²) in [7, 11) is 0. The Morgan fingerprint density at radius 3 is 2.03 bits per heavy atom. The Labute approximate surface area is 348 Å². The zero-order valence-electron chi connectivity index (χ0n) is 34.9. The van der Waals surface area contributed by atoms with Crippen molar-refractivity contribution in [3.63, 3.8) is 0 Å². The normalized spacial score (nSPS) is 12.9. The molecule has 6 rings (SSSR count). The van der Waals surface area contributed by atoms with E-state index in [0.717, 1.165) is 145 Å². The van der Waals surface area contributed by atoms with Crippen molar-refractivity contribution in [1.82, 2.24) is 34.6 Å². The summed E-state index contributed by atoms with van der Waals surface area (Å²) in [4.78, 5) is 31.5. The molecular formula is C45H65N9O5. The Hall–Kier alpha value is -4.47. The van der Waals surface area contributed by atoms with E-state index in [1.165, 1.54) is 23.9 Å². The molecule has 5 heterocycles. The lowest BCUT2D eigenvalue weighted by Crippen LogP contribution is -2.36. The molecule has 0 spiro atoms. The number of carbonyl (C=O) groups is 1. The second-order valence-corrected chi connectivity index (χ2v) is 15.5. The van der Waals surface area contributed by atoms with Crippen LogP contribution in [0.25, 0.3) is 33.3 Å². The van der Waals surface area contributed by atoms with Gasteiger partial charge in [0.15, 0.2) is 5.65 Å². The number of nitrogens with zero attached hydrogens (tertiary/aromatic N) is 6. The van der Waals surface area contributed by atoms with Crippen molar-refractivity contribution in [2.75, 3.05) is 71.7 Å². The van der Waals surface area contributed by atoms with Crippen molar-refractivity contribution in [2.45, 2.75) is 103 Å². The molecule has 1 aliphatic rings. The third kappa shape index (κ3) is 13.8. The number of nitrogens with two attached hydrogens (primary N) is 2. The van der Waals surface area contributed by atoms with Gasteiger partial charge in [-0.25, -0.2) is 19.6 Å². The van der Waals surface area contributed by atoms with Gasteiger partial charge >= 0.3 is 0 Å². The summed E-state index contributed by atoms with van der Waals surface area (Å²) in [5.41, 5.74) is 18.5. The third-order valence-corrected chi connectivity index (χ3v) is 10.9. The molecule has 0 saturated heterocycles. The lowest BCUT2D eigenvalue weighted by atomic mass is 9.97. The minimum Gasteiger partial charge on any atom is -0.383 e. The second-order valence-electron chi connectivity index (χ2n) is 15.5. The number of amides is 1. The number of rotatable bonds is 29. The maximum atomic E-state index is 13.1. The van der Waals surface area contributed by atoms with Crippen molar-refractivity contribution in [2.24, 2.45) is 5.73 Å². The Balaban J connectivity index is 0.781. The van der Waals surface area contributed by atoms with Crippen molar-refractivity contribution < 1.29 is 23.7 Å². The number of fused-ring (bicyclic) bond motifs is 3.